The van der Waals surface area contributed by atoms with Crippen LogP contribution in [0.3, 0.4) is 0 Å². The fourth-order valence-electron chi connectivity index (χ4n) is 3.73. The Labute approximate surface area is 156 Å². The van der Waals surface area contributed by atoms with Crippen molar-refractivity contribution in [3.8, 4) is 0 Å². The minimum Gasteiger partial charge on any atom is -0.334 e. The summed E-state index contributed by atoms with van der Waals surface area (Å²) in [5.41, 5.74) is 2.42. The van der Waals surface area contributed by atoms with Gasteiger partial charge >= 0.3 is 0 Å². The maximum absolute atomic E-state index is 12.8. The molecule has 1 saturated heterocycles. The van der Waals surface area contributed by atoms with Crippen molar-refractivity contribution in [2.75, 3.05) is 13.1 Å². The van der Waals surface area contributed by atoms with Crippen LogP contribution >= 0.6 is 0 Å². The quantitative estimate of drug-likeness (QED) is 0.797. The first kappa shape index (κ1) is 18.6. The summed E-state index contributed by atoms with van der Waals surface area (Å²) in [6, 6.07) is 11.0. The molecule has 2 heterocycles. The number of rotatable bonds is 6. The van der Waals surface area contributed by atoms with Gasteiger partial charge in [0.1, 0.15) is 0 Å². The van der Waals surface area contributed by atoms with E-state index in [9.17, 15) is 4.79 Å². The predicted octanol–water partition coefficient (Wildman–Crippen LogP) is 3.48. The maximum atomic E-state index is 12.8. The summed E-state index contributed by atoms with van der Waals surface area (Å²) in [5.74, 6) is 0.264. The normalized spacial score (nSPS) is 19.2. The molecule has 5 nitrogen and oxygen atoms in total. The molecular formula is C21H30N4O. The fraction of sp³-hybridized carbons (Fsp3) is 0.524. The second-order valence-electron chi connectivity index (χ2n) is 7.44. The van der Waals surface area contributed by atoms with Gasteiger partial charge in [-0.05, 0) is 25.8 Å². The molecular weight excluding hydrogens is 324 g/mol. The first-order valence-electron chi connectivity index (χ1n) is 9.65. The summed E-state index contributed by atoms with van der Waals surface area (Å²) in [4.78, 5) is 21.6. The van der Waals surface area contributed by atoms with E-state index in [4.69, 9.17) is 0 Å². The Balaban J connectivity index is 1.72. The Bertz CT molecular complexity index is 710. The van der Waals surface area contributed by atoms with E-state index < -0.39 is 0 Å². The molecule has 0 spiro atoms. The average Bonchev–Trinajstić information content (AvgIpc) is 3.05. The summed E-state index contributed by atoms with van der Waals surface area (Å²) in [5, 5.41) is 0. The molecule has 1 amide bonds. The summed E-state index contributed by atoms with van der Waals surface area (Å²) in [7, 11) is 0. The predicted molar refractivity (Wildman–Crippen MR) is 104 cm³/mol. The molecule has 0 radical (unpaired) electrons. The van der Waals surface area contributed by atoms with Gasteiger partial charge in [-0.25, -0.2) is 4.98 Å². The van der Waals surface area contributed by atoms with E-state index in [1.807, 2.05) is 30.7 Å². The monoisotopic (exact) mass is 354 g/mol. The topological polar surface area (TPSA) is 41.4 Å². The van der Waals surface area contributed by atoms with Gasteiger partial charge in [0.15, 0.2) is 0 Å². The number of carbonyl (C=O) groups excluding carboxylic acids is 1. The molecule has 140 valence electrons. The zero-order valence-corrected chi connectivity index (χ0v) is 16.1. The van der Waals surface area contributed by atoms with Crippen molar-refractivity contribution in [1.29, 1.82) is 0 Å². The minimum atomic E-state index is 0.251. The second-order valence-corrected chi connectivity index (χ2v) is 7.44. The second kappa shape index (κ2) is 8.49. The van der Waals surface area contributed by atoms with Crippen LogP contribution < -0.4 is 0 Å². The van der Waals surface area contributed by atoms with Crippen LogP contribution in [0.4, 0.5) is 0 Å². The molecule has 26 heavy (non-hydrogen) atoms. The van der Waals surface area contributed by atoms with Crippen molar-refractivity contribution in [2.24, 2.45) is 0 Å². The van der Waals surface area contributed by atoms with Gasteiger partial charge in [0.25, 0.3) is 0 Å². The van der Waals surface area contributed by atoms with Crippen LogP contribution in [0, 0.1) is 0 Å². The van der Waals surface area contributed by atoms with Crippen LogP contribution in [0.15, 0.2) is 42.9 Å². The van der Waals surface area contributed by atoms with Gasteiger partial charge in [0.2, 0.25) is 5.91 Å². The number of aromatic nitrogens is 2. The zero-order chi connectivity index (χ0) is 18.5. The molecule has 2 aromatic rings. The molecule has 0 bridgehead atoms. The minimum absolute atomic E-state index is 0.251. The molecule has 0 aliphatic carbocycles. The molecule has 1 aromatic carbocycles. The van der Waals surface area contributed by atoms with Crippen LogP contribution in [-0.2, 0) is 17.9 Å². The molecule has 0 N–H and O–H groups in total. The Morgan fingerprint density at radius 2 is 1.96 bits per heavy atom. The molecule has 1 fully saturated rings. The summed E-state index contributed by atoms with van der Waals surface area (Å²) < 4.78 is 2.22. The molecule has 1 aliphatic heterocycles. The summed E-state index contributed by atoms with van der Waals surface area (Å²) in [6.45, 7) is 9.80. The summed E-state index contributed by atoms with van der Waals surface area (Å²) >= 11 is 0. The average molecular weight is 354 g/mol. The molecule has 3 rings (SSSR count). The highest BCUT2D eigenvalue weighted by atomic mass is 16.2. The summed E-state index contributed by atoms with van der Waals surface area (Å²) in [6.07, 6.45) is 5.41. The number of amides is 1. The van der Waals surface area contributed by atoms with Gasteiger partial charge in [-0.3, -0.25) is 9.69 Å². The Hall–Kier alpha value is -2.14. The van der Waals surface area contributed by atoms with Crippen molar-refractivity contribution in [1.82, 2.24) is 19.4 Å². The van der Waals surface area contributed by atoms with E-state index in [0.717, 1.165) is 26.1 Å². The Kier molecular flexibility index (Phi) is 6.09. The zero-order valence-electron chi connectivity index (χ0n) is 16.1. The van der Waals surface area contributed by atoms with Gasteiger partial charge in [-0.2, -0.15) is 0 Å². The standard InChI is InChI=1S/C21H30N4O/c1-4-19-14-23(15-20-12-22-16-25(20)17(2)3)11-10-21(26)24(19)13-18-8-6-5-7-9-18/h5-9,12,16-17,19H,4,10-11,13-15H2,1-3H3. The van der Waals surface area contributed by atoms with Crippen molar-refractivity contribution in [3.63, 3.8) is 0 Å². The van der Waals surface area contributed by atoms with E-state index in [-0.39, 0.29) is 11.9 Å². The number of imidazole rings is 1. The lowest BCUT2D eigenvalue weighted by molar-refractivity contribution is -0.133. The van der Waals surface area contributed by atoms with Crippen LogP contribution in [0.5, 0.6) is 0 Å². The number of hydrogen-bond acceptors (Lipinski definition) is 3. The number of hydrogen-bond donors (Lipinski definition) is 0. The van der Waals surface area contributed by atoms with Crippen LogP contribution in [-0.4, -0.2) is 44.4 Å². The maximum Gasteiger partial charge on any atom is 0.224 e. The van der Waals surface area contributed by atoms with Gasteiger partial charge in [0, 0.05) is 50.9 Å². The first-order valence-corrected chi connectivity index (χ1v) is 9.65. The lowest BCUT2D eigenvalue weighted by Gasteiger charge is -2.31. The highest BCUT2D eigenvalue weighted by Crippen LogP contribution is 2.20. The van der Waals surface area contributed by atoms with Crippen molar-refractivity contribution in [2.45, 2.75) is 58.8 Å². The van der Waals surface area contributed by atoms with Crippen molar-refractivity contribution >= 4 is 5.91 Å². The third kappa shape index (κ3) is 4.33. The van der Waals surface area contributed by atoms with Gasteiger partial charge in [0.05, 0.1) is 12.0 Å². The highest BCUT2D eigenvalue weighted by molar-refractivity contribution is 5.77. The van der Waals surface area contributed by atoms with Crippen LogP contribution in [0.2, 0.25) is 0 Å². The smallest absolute Gasteiger partial charge is 0.224 e. The Morgan fingerprint density at radius 1 is 1.19 bits per heavy atom. The van der Waals surface area contributed by atoms with E-state index in [1.54, 1.807) is 0 Å². The molecule has 1 unspecified atom stereocenters. The molecule has 1 aliphatic rings. The molecule has 1 aromatic heterocycles. The Morgan fingerprint density at radius 3 is 2.65 bits per heavy atom. The van der Waals surface area contributed by atoms with Crippen molar-refractivity contribution in [3.05, 3.63) is 54.1 Å². The fourth-order valence-corrected chi connectivity index (χ4v) is 3.73. The van der Waals surface area contributed by atoms with Crippen LogP contribution in [0.25, 0.3) is 0 Å². The van der Waals surface area contributed by atoms with E-state index in [1.165, 1.54) is 11.3 Å². The first-order chi connectivity index (χ1) is 12.6. The number of benzene rings is 1. The molecule has 0 saturated carbocycles. The lowest BCUT2D eigenvalue weighted by atomic mass is 10.1. The molecule has 5 heteroatoms. The lowest BCUT2D eigenvalue weighted by Crippen LogP contribution is -2.42. The third-order valence-corrected chi connectivity index (χ3v) is 5.23. The van der Waals surface area contributed by atoms with Gasteiger partial charge in [-0.15, -0.1) is 0 Å². The van der Waals surface area contributed by atoms with E-state index >= 15 is 0 Å². The third-order valence-electron chi connectivity index (χ3n) is 5.23. The number of carbonyl (C=O) groups is 1. The molecule has 1 atom stereocenters. The van der Waals surface area contributed by atoms with Gasteiger partial charge < -0.3 is 9.47 Å². The van der Waals surface area contributed by atoms with Gasteiger partial charge in [-0.1, -0.05) is 37.3 Å². The largest absolute Gasteiger partial charge is 0.334 e. The van der Waals surface area contributed by atoms with Crippen LogP contribution in [0.1, 0.15) is 50.9 Å². The van der Waals surface area contributed by atoms with Crippen molar-refractivity contribution < 1.29 is 4.79 Å². The highest BCUT2D eigenvalue weighted by Gasteiger charge is 2.29. The van der Waals surface area contributed by atoms with E-state index in [0.29, 0.717) is 19.0 Å². The SMILES string of the molecule is CCC1CN(Cc2cncn2C(C)C)CCC(=O)N1Cc1ccccc1. The van der Waals surface area contributed by atoms with E-state index in [2.05, 4.69) is 52.3 Å². The number of nitrogens with zero attached hydrogens (tertiary/aromatic N) is 4.